The maximum Gasteiger partial charge on any atom is 0.139 e. The Morgan fingerprint density at radius 3 is 1.80 bits per heavy atom. The lowest BCUT2D eigenvalue weighted by atomic mass is 9.80. The van der Waals surface area contributed by atoms with Crippen molar-refractivity contribution in [2.24, 2.45) is 11.8 Å². The first kappa shape index (κ1) is 10.9. The summed E-state index contributed by atoms with van der Waals surface area (Å²) in [7, 11) is 0. The molecule has 2 aliphatic rings. The summed E-state index contributed by atoms with van der Waals surface area (Å²) in [5.41, 5.74) is -0.640. The molecule has 15 heavy (non-hydrogen) atoms. The molecule has 0 aromatic carbocycles. The summed E-state index contributed by atoms with van der Waals surface area (Å²) in [4.78, 5) is 11.8. The Labute approximate surface area is 91.7 Å². The lowest BCUT2D eigenvalue weighted by molar-refractivity contribution is -0.173. The third-order valence-electron chi connectivity index (χ3n) is 3.93. The summed E-state index contributed by atoms with van der Waals surface area (Å²) in [6.07, 6.45) is 5.36. The van der Waals surface area contributed by atoms with Gasteiger partial charge in [0.1, 0.15) is 5.78 Å². The van der Waals surface area contributed by atoms with Crippen molar-refractivity contribution in [1.82, 2.24) is 0 Å². The number of rotatable bonds is 2. The number of carbonyl (C=O) groups is 1. The van der Waals surface area contributed by atoms with Crippen LogP contribution >= 0.6 is 0 Å². The molecule has 84 valence electrons. The lowest BCUT2D eigenvalue weighted by Crippen LogP contribution is -2.50. The van der Waals surface area contributed by atoms with Crippen molar-refractivity contribution < 1.29 is 9.53 Å². The Morgan fingerprint density at radius 1 is 1.07 bits per heavy atom. The van der Waals surface area contributed by atoms with Crippen LogP contribution in [0.2, 0.25) is 0 Å². The Balaban J connectivity index is 2.36. The maximum atomic E-state index is 11.8. The standard InChI is InChI=1S/C13H20O2/c1-9(2)12-5-6-13(15-12,10(3)4)8-11(14)7-12/h5-6,9-10H,7-8H2,1-4H3. The van der Waals surface area contributed by atoms with E-state index in [2.05, 4.69) is 39.8 Å². The van der Waals surface area contributed by atoms with Gasteiger partial charge < -0.3 is 4.74 Å². The molecule has 2 atom stereocenters. The van der Waals surface area contributed by atoms with Gasteiger partial charge in [0.05, 0.1) is 11.2 Å². The minimum Gasteiger partial charge on any atom is -0.359 e. The van der Waals surface area contributed by atoms with E-state index in [4.69, 9.17) is 4.74 Å². The van der Waals surface area contributed by atoms with Gasteiger partial charge >= 0.3 is 0 Å². The summed E-state index contributed by atoms with van der Waals surface area (Å²) in [6.45, 7) is 8.50. The van der Waals surface area contributed by atoms with Gasteiger partial charge in [-0.2, -0.15) is 0 Å². The minimum absolute atomic E-state index is 0.320. The van der Waals surface area contributed by atoms with Crippen LogP contribution in [-0.4, -0.2) is 17.0 Å². The predicted octanol–water partition coefficient (Wildman–Crippen LogP) is 2.73. The van der Waals surface area contributed by atoms with Gasteiger partial charge in [0.2, 0.25) is 0 Å². The molecule has 2 heterocycles. The number of ether oxygens (including phenoxy) is 1. The number of carbonyl (C=O) groups excluding carboxylic acids is 1. The van der Waals surface area contributed by atoms with Crippen molar-refractivity contribution in [3.05, 3.63) is 12.2 Å². The molecule has 2 heteroatoms. The molecule has 0 N–H and O–H groups in total. The molecule has 2 nitrogen and oxygen atoms in total. The van der Waals surface area contributed by atoms with E-state index in [1.807, 2.05) is 0 Å². The Hall–Kier alpha value is -0.630. The van der Waals surface area contributed by atoms with Crippen molar-refractivity contribution in [3.8, 4) is 0 Å². The van der Waals surface area contributed by atoms with Gasteiger partial charge in [0.15, 0.2) is 0 Å². The van der Waals surface area contributed by atoms with Crippen LogP contribution in [0.15, 0.2) is 12.2 Å². The molecule has 0 amide bonds. The molecule has 0 radical (unpaired) electrons. The highest BCUT2D eigenvalue weighted by Crippen LogP contribution is 2.48. The molecule has 1 fully saturated rings. The lowest BCUT2D eigenvalue weighted by Gasteiger charge is -2.44. The molecular formula is C13H20O2. The highest BCUT2D eigenvalue weighted by molar-refractivity contribution is 5.83. The largest absolute Gasteiger partial charge is 0.359 e. The predicted molar refractivity (Wildman–Crippen MR) is 59.6 cm³/mol. The topological polar surface area (TPSA) is 26.3 Å². The highest BCUT2D eigenvalue weighted by atomic mass is 16.5. The fraction of sp³-hybridized carbons (Fsp3) is 0.769. The Kier molecular flexibility index (Phi) is 2.30. The van der Waals surface area contributed by atoms with Crippen LogP contribution in [0.1, 0.15) is 40.5 Å². The molecule has 1 saturated heterocycles. The van der Waals surface area contributed by atoms with E-state index in [9.17, 15) is 4.79 Å². The average Bonchev–Trinajstić information content (AvgIpc) is 2.41. The van der Waals surface area contributed by atoms with Gasteiger partial charge in [-0.15, -0.1) is 0 Å². The van der Waals surface area contributed by atoms with Gasteiger partial charge in [0, 0.05) is 12.8 Å². The first-order chi connectivity index (χ1) is 6.90. The smallest absolute Gasteiger partial charge is 0.139 e. The number of ketones is 1. The highest BCUT2D eigenvalue weighted by Gasteiger charge is 2.53. The van der Waals surface area contributed by atoms with E-state index in [-0.39, 0.29) is 11.2 Å². The molecule has 2 unspecified atom stereocenters. The van der Waals surface area contributed by atoms with E-state index in [0.29, 0.717) is 30.5 Å². The normalized spacial score (nSPS) is 39.5. The summed E-state index contributed by atoms with van der Waals surface area (Å²) >= 11 is 0. The quantitative estimate of drug-likeness (QED) is 0.652. The van der Waals surface area contributed by atoms with Gasteiger partial charge in [-0.25, -0.2) is 0 Å². The molecule has 0 aliphatic carbocycles. The van der Waals surface area contributed by atoms with E-state index in [1.165, 1.54) is 0 Å². The summed E-state index contributed by atoms with van der Waals surface area (Å²) in [5, 5.41) is 0. The summed E-state index contributed by atoms with van der Waals surface area (Å²) < 4.78 is 6.23. The van der Waals surface area contributed by atoms with Crippen LogP contribution < -0.4 is 0 Å². The number of hydrogen-bond donors (Lipinski definition) is 0. The molecule has 0 aromatic rings. The first-order valence-corrected chi connectivity index (χ1v) is 5.82. The molecular weight excluding hydrogens is 188 g/mol. The number of hydrogen-bond acceptors (Lipinski definition) is 2. The Bertz CT molecular complexity index is 288. The second kappa shape index (κ2) is 3.18. The van der Waals surface area contributed by atoms with Crippen LogP contribution in [0.5, 0.6) is 0 Å². The van der Waals surface area contributed by atoms with Crippen molar-refractivity contribution >= 4 is 5.78 Å². The van der Waals surface area contributed by atoms with Crippen molar-refractivity contribution in [3.63, 3.8) is 0 Å². The van der Waals surface area contributed by atoms with E-state index >= 15 is 0 Å². The zero-order valence-corrected chi connectivity index (χ0v) is 10.0. The molecule has 2 aliphatic heterocycles. The fourth-order valence-corrected chi connectivity index (χ4v) is 2.60. The van der Waals surface area contributed by atoms with Gasteiger partial charge in [0.25, 0.3) is 0 Å². The molecule has 0 saturated carbocycles. The third-order valence-corrected chi connectivity index (χ3v) is 3.93. The van der Waals surface area contributed by atoms with Crippen LogP contribution in [0.25, 0.3) is 0 Å². The monoisotopic (exact) mass is 208 g/mol. The summed E-state index contributed by atoms with van der Waals surface area (Å²) in [6, 6.07) is 0. The second-order valence-corrected chi connectivity index (χ2v) is 5.55. The maximum absolute atomic E-state index is 11.8. The third kappa shape index (κ3) is 1.46. The van der Waals surface area contributed by atoms with Crippen LogP contribution in [0.3, 0.4) is 0 Å². The number of fused-ring (bicyclic) bond motifs is 2. The van der Waals surface area contributed by atoms with Gasteiger partial charge in [-0.05, 0) is 11.8 Å². The zero-order chi connectivity index (χ0) is 11.3. The van der Waals surface area contributed by atoms with Crippen molar-refractivity contribution in [2.45, 2.75) is 51.7 Å². The van der Waals surface area contributed by atoms with Crippen LogP contribution in [0.4, 0.5) is 0 Å². The average molecular weight is 208 g/mol. The van der Waals surface area contributed by atoms with Crippen LogP contribution in [0, 0.1) is 11.8 Å². The van der Waals surface area contributed by atoms with Gasteiger partial charge in [-0.3, -0.25) is 4.79 Å². The van der Waals surface area contributed by atoms with Crippen LogP contribution in [-0.2, 0) is 9.53 Å². The Morgan fingerprint density at radius 2 is 1.47 bits per heavy atom. The second-order valence-electron chi connectivity index (χ2n) is 5.55. The molecule has 0 spiro atoms. The van der Waals surface area contributed by atoms with E-state index in [1.54, 1.807) is 0 Å². The van der Waals surface area contributed by atoms with E-state index in [0.717, 1.165) is 0 Å². The molecule has 2 bridgehead atoms. The van der Waals surface area contributed by atoms with Crippen molar-refractivity contribution in [1.29, 1.82) is 0 Å². The van der Waals surface area contributed by atoms with E-state index < -0.39 is 0 Å². The van der Waals surface area contributed by atoms with Gasteiger partial charge in [-0.1, -0.05) is 39.8 Å². The summed E-state index contributed by atoms with van der Waals surface area (Å²) in [5.74, 6) is 1.06. The molecule has 2 rings (SSSR count). The van der Waals surface area contributed by atoms with Crippen molar-refractivity contribution in [2.75, 3.05) is 0 Å². The number of Topliss-reactive ketones (excluding diaryl/α,β-unsaturated/α-hetero) is 1. The molecule has 0 aromatic heterocycles. The SMILES string of the molecule is CC(C)C12C=CC(C(C)C)(CC(=O)C1)O2. The first-order valence-electron chi connectivity index (χ1n) is 5.82. The fourth-order valence-electron chi connectivity index (χ4n) is 2.60. The zero-order valence-electron chi connectivity index (χ0n) is 10.0. The minimum atomic E-state index is -0.320.